The highest BCUT2D eigenvalue weighted by Gasteiger charge is 2.39. The molecule has 0 spiro atoms. The van der Waals surface area contributed by atoms with E-state index < -0.39 is 16.6 Å². The Labute approximate surface area is 484 Å². The van der Waals surface area contributed by atoms with Crippen LogP contribution in [0.1, 0.15) is 106 Å². The molecule has 1 unspecified atom stereocenters. The smallest absolute Gasteiger partial charge is 0.307 e. The van der Waals surface area contributed by atoms with Gasteiger partial charge in [0, 0.05) is 84.0 Å². The second-order valence-electron chi connectivity index (χ2n) is 22.0. The van der Waals surface area contributed by atoms with Crippen LogP contribution in [0.2, 0.25) is 0 Å². The number of carbonyl (C=O) groups is 4. The van der Waals surface area contributed by atoms with Gasteiger partial charge in [-0.25, -0.2) is 0 Å². The van der Waals surface area contributed by atoms with E-state index in [1.807, 2.05) is 84.3 Å². The van der Waals surface area contributed by atoms with Gasteiger partial charge in [-0.05, 0) is 159 Å². The van der Waals surface area contributed by atoms with Crippen molar-refractivity contribution in [3.63, 3.8) is 0 Å². The third kappa shape index (κ3) is 14.8. The number of methoxy groups -OCH3 is 2. The summed E-state index contributed by atoms with van der Waals surface area (Å²) in [5.41, 5.74) is 11.1. The molecule has 0 radical (unpaired) electrons. The van der Waals surface area contributed by atoms with Gasteiger partial charge >= 0.3 is 5.97 Å². The number of ketones is 1. The van der Waals surface area contributed by atoms with Crippen molar-refractivity contribution in [2.45, 2.75) is 109 Å². The van der Waals surface area contributed by atoms with Crippen molar-refractivity contribution in [2.75, 3.05) is 94.0 Å². The van der Waals surface area contributed by atoms with Crippen LogP contribution in [-0.4, -0.2) is 125 Å². The van der Waals surface area contributed by atoms with E-state index in [1.165, 1.54) is 21.9 Å². The zero-order chi connectivity index (χ0) is 57.0. The summed E-state index contributed by atoms with van der Waals surface area (Å²) in [7, 11) is 6.27. The molecule has 0 bridgehead atoms. The predicted octanol–water partition coefficient (Wildman–Crippen LogP) is 10.9. The zero-order valence-corrected chi connectivity index (χ0v) is 49.3. The maximum absolute atomic E-state index is 14.3. The van der Waals surface area contributed by atoms with Gasteiger partial charge in [0.05, 0.1) is 46.1 Å². The lowest BCUT2D eigenvalue weighted by atomic mass is 9.98. The molecule has 4 aliphatic heterocycles. The molecule has 0 aromatic heterocycles. The molecule has 2 amide bonds. The molecule has 5 aromatic rings. The van der Waals surface area contributed by atoms with Crippen LogP contribution in [0.15, 0.2) is 91.0 Å². The van der Waals surface area contributed by atoms with E-state index in [9.17, 15) is 24.3 Å². The molecular formula is C64H77N3O12S2. The van der Waals surface area contributed by atoms with Crippen LogP contribution in [0.3, 0.4) is 0 Å². The molecule has 432 valence electrons. The number of aliphatic carboxylic acids is 1. The van der Waals surface area contributed by atoms with Crippen LogP contribution in [-0.2, 0) is 67.4 Å². The molecule has 3 atom stereocenters. The molecule has 81 heavy (non-hydrogen) atoms. The number of aryl methyl sites for hydroxylation is 3. The Morgan fingerprint density at radius 3 is 1.89 bits per heavy atom. The molecule has 1 N–H and O–H groups in total. The summed E-state index contributed by atoms with van der Waals surface area (Å²) in [6.45, 7) is 12.2. The lowest BCUT2D eigenvalue weighted by molar-refractivity contribution is -0.143. The summed E-state index contributed by atoms with van der Waals surface area (Å²) >= 11 is 0. The number of carbonyl (C=O) groups excluding carboxylic acids is 3. The molecular weight excluding hydrogens is 1070 g/mol. The number of Topliss-reactive ketones (excluding diaryl/α,β-unsaturated/α-hetero) is 1. The van der Waals surface area contributed by atoms with Gasteiger partial charge in [0.1, 0.15) is 25.6 Å². The van der Waals surface area contributed by atoms with Gasteiger partial charge in [-0.2, -0.15) is 0 Å². The Hall–Kier alpha value is -6.08. The van der Waals surface area contributed by atoms with Crippen LogP contribution < -0.4 is 28.9 Å². The number of carboxylic acid groups (broad SMARTS) is 1. The number of hydrogen-bond donors (Lipinski definition) is 1. The first-order valence-corrected chi connectivity index (χ1v) is 30.6. The predicted molar refractivity (Wildman–Crippen MR) is 319 cm³/mol. The van der Waals surface area contributed by atoms with Gasteiger partial charge in [0.15, 0.2) is 17.3 Å². The molecule has 4 aliphatic rings. The highest BCUT2D eigenvalue weighted by molar-refractivity contribution is 8.77. The minimum Gasteiger partial charge on any atom is -0.493 e. The monoisotopic (exact) mass is 1140 g/mol. The van der Waals surface area contributed by atoms with Crippen LogP contribution >= 0.6 is 21.6 Å². The van der Waals surface area contributed by atoms with Crippen molar-refractivity contribution >= 4 is 62.2 Å². The van der Waals surface area contributed by atoms with Crippen molar-refractivity contribution in [1.82, 2.24) is 0 Å². The molecule has 0 saturated heterocycles. The quantitative estimate of drug-likeness (QED) is 0.0341. The molecule has 5 aromatic carbocycles. The maximum atomic E-state index is 14.3. The largest absolute Gasteiger partial charge is 0.493 e. The second kappa shape index (κ2) is 27.8. The first kappa shape index (κ1) is 59.5. The first-order valence-electron chi connectivity index (χ1n) is 28.3. The van der Waals surface area contributed by atoms with Crippen molar-refractivity contribution in [3.8, 4) is 17.2 Å². The molecule has 9 rings (SSSR count). The Morgan fingerprint density at radius 2 is 1.28 bits per heavy atom. The van der Waals surface area contributed by atoms with Gasteiger partial charge in [-0.1, -0.05) is 64.9 Å². The van der Waals surface area contributed by atoms with E-state index >= 15 is 0 Å². The molecule has 0 aliphatic carbocycles. The van der Waals surface area contributed by atoms with E-state index in [0.29, 0.717) is 87.5 Å². The number of nitrogens with zero attached hydrogens (tertiary/aromatic N) is 3. The third-order valence-electron chi connectivity index (χ3n) is 15.4. The maximum Gasteiger partial charge on any atom is 0.307 e. The lowest BCUT2D eigenvalue weighted by Gasteiger charge is -2.34. The lowest BCUT2D eigenvalue weighted by Crippen LogP contribution is -2.38. The number of carboxylic acids is 1. The molecule has 0 fully saturated rings. The van der Waals surface area contributed by atoms with E-state index in [4.69, 9.17) is 33.2 Å². The summed E-state index contributed by atoms with van der Waals surface area (Å²) in [6, 6.07) is 30.7. The minimum absolute atomic E-state index is 0.0279. The molecule has 4 heterocycles. The van der Waals surface area contributed by atoms with Gasteiger partial charge in [0.25, 0.3) is 11.8 Å². The summed E-state index contributed by atoms with van der Waals surface area (Å²) < 4.78 is 41.4. The van der Waals surface area contributed by atoms with Crippen LogP contribution in [0, 0.1) is 12.8 Å². The van der Waals surface area contributed by atoms with Crippen molar-refractivity contribution in [2.24, 2.45) is 5.92 Å². The first-order chi connectivity index (χ1) is 39.2. The fourth-order valence-corrected chi connectivity index (χ4v) is 14.2. The molecule has 0 saturated carbocycles. The van der Waals surface area contributed by atoms with E-state index in [-0.39, 0.29) is 61.7 Å². The average Bonchev–Trinajstić information content (AvgIpc) is 4.04. The normalized spacial score (nSPS) is 16.6. The Balaban J connectivity index is 0.986. The Bertz CT molecular complexity index is 3040. The number of para-hydroxylation sites is 2. The standard InChI is InChI=1S/C64H77N3O12S2/c1-7-21-77-39-53(68)33-49(63(71)72)40-80-81-64(3,4)41-65(20-22-75-25-26-76-24-23-73-5)52-29-43(37-78-58-34-45-16-18-50-31-47-12-8-10-14-56(47)66(50)61(69)54(45)27-42(58)2)28-44(30-52)38-79-60-35-46-17-19-51-32-48-13-9-11-15-57(48)67(51)62(70)55(46)36-59(60)74-6/h8-15,27-30,34-36,49-51H,7,16-26,31-33,37-41H2,1-6H3,(H,71,72)/t49?,50-,51-/m1/s1. The zero-order valence-electron chi connectivity index (χ0n) is 47.6. The summed E-state index contributed by atoms with van der Waals surface area (Å²) in [5.74, 6) is -0.116. The van der Waals surface area contributed by atoms with Gasteiger partial charge < -0.3 is 53.0 Å². The summed E-state index contributed by atoms with van der Waals surface area (Å²) in [6.07, 6.45) is 5.48. The van der Waals surface area contributed by atoms with E-state index in [1.54, 1.807) is 25.0 Å². The minimum atomic E-state index is -1.01. The van der Waals surface area contributed by atoms with Gasteiger partial charge in [0.2, 0.25) is 0 Å². The SMILES string of the molecule is CCCOCC(=O)CC(CSSC(C)(C)CN(CCOCCOCCOC)c1cc(COc2cc3c(cc2C)C(=O)N2c4ccccc4C[C@H]2CC3)cc(COc2cc3c(cc2OC)C(=O)N2c4ccccc4C[C@H]2CC3)c1)C(=O)O. The highest BCUT2D eigenvalue weighted by atomic mass is 33.1. The fraction of sp³-hybridized carbons (Fsp3) is 0.469. The van der Waals surface area contributed by atoms with Crippen LogP contribution in [0.5, 0.6) is 17.2 Å². The number of ether oxygens (including phenoxy) is 7. The third-order valence-corrected chi connectivity index (χ3v) is 18.7. The number of fused-ring (bicyclic) bond motifs is 8. The Morgan fingerprint density at radius 1 is 0.704 bits per heavy atom. The van der Waals surface area contributed by atoms with Gasteiger partial charge in [-0.15, -0.1) is 0 Å². The van der Waals surface area contributed by atoms with Crippen molar-refractivity contribution in [3.05, 3.63) is 141 Å². The number of amides is 2. The van der Waals surface area contributed by atoms with E-state index in [0.717, 1.165) is 83.4 Å². The number of hydrogen-bond acceptors (Lipinski definition) is 14. The highest BCUT2D eigenvalue weighted by Crippen LogP contribution is 2.43. The fourth-order valence-electron chi connectivity index (χ4n) is 11.4. The number of benzene rings is 5. The number of rotatable bonds is 30. The van der Waals surface area contributed by atoms with Crippen LogP contribution in [0.4, 0.5) is 17.1 Å². The second-order valence-corrected chi connectivity index (χ2v) is 25.1. The molecule has 17 heteroatoms. The van der Waals surface area contributed by atoms with Crippen molar-refractivity contribution < 1.29 is 57.4 Å². The van der Waals surface area contributed by atoms with E-state index in [2.05, 4.69) is 49.1 Å². The topological polar surface area (TPSA) is 163 Å². The van der Waals surface area contributed by atoms with Gasteiger partial charge in [-0.3, -0.25) is 19.2 Å². The molecule has 15 nitrogen and oxygen atoms in total. The Kier molecular flexibility index (Phi) is 20.4. The number of anilines is 3. The average molecular weight is 1140 g/mol. The summed E-state index contributed by atoms with van der Waals surface area (Å²) in [4.78, 5) is 59.9. The van der Waals surface area contributed by atoms with Crippen LogP contribution in [0.25, 0.3) is 0 Å². The van der Waals surface area contributed by atoms with Crippen molar-refractivity contribution in [1.29, 1.82) is 0 Å². The summed E-state index contributed by atoms with van der Waals surface area (Å²) in [5, 5.41) is 10.1.